The Morgan fingerprint density at radius 2 is 1.94 bits per heavy atom. The molecule has 0 atom stereocenters. The number of para-hydroxylation sites is 1. The maximum Gasteiger partial charge on any atom is 0.573 e. The molecule has 0 aliphatic rings. The number of rotatable bonds is 4. The van der Waals surface area contributed by atoms with Crippen LogP contribution in [0.15, 0.2) is 30.3 Å². The van der Waals surface area contributed by atoms with Crippen LogP contribution in [-0.2, 0) is 4.74 Å². The minimum absolute atomic E-state index is 0.220. The summed E-state index contributed by atoms with van der Waals surface area (Å²) in [6.45, 7) is 0.334. The molecule has 0 amide bonds. The van der Waals surface area contributed by atoms with Gasteiger partial charge in [0.25, 0.3) is 0 Å². The first-order valence-electron chi connectivity index (χ1n) is 4.53. The molecule has 1 aromatic carbocycles. The predicted molar refractivity (Wildman–Crippen MR) is 54.0 cm³/mol. The lowest BCUT2D eigenvalue weighted by Crippen LogP contribution is -2.17. The highest BCUT2D eigenvalue weighted by Crippen LogP contribution is 2.26. The monoisotopic (exact) mass is 232 g/mol. The third-order valence-electron chi connectivity index (χ3n) is 1.70. The Morgan fingerprint density at radius 3 is 2.56 bits per heavy atom. The Kier molecular flexibility index (Phi) is 4.37. The van der Waals surface area contributed by atoms with E-state index in [4.69, 9.17) is 4.74 Å². The van der Waals surface area contributed by atoms with Crippen molar-refractivity contribution in [1.82, 2.24) is 0 Å². The standard InChI is InChI=1S/C11H11F3O2/c1-15-8-4-6-9-5-2-3-7-10(9)16-11(12,13)14/h2-7H,8H2,1H3/b6-4+. The van der Waals surface area contributed by atoms with Crippen molar-refractivity contribution in [3.05, 3.63) is 35.9 Å². The normalized spacial score (nSPS) is 12.0. The number of hydrogen-bond acceptors (Lipinski definition) is 2. The molecule has 88 valence electrons. The molecule has 0 aromatic heterocycles. The molecule has 1 rings (SSSR count). The van der Waals surface area contributed by atoms with E-state index in [2.05, 4.69) is 4.74 Å². The van der Waals surface area contributed by atoms with Crippen LogP contribution < -0.4 is 4.74 Å². The first-order valence-corrected chi connectivity index (χ1v) is 4.53. The summed E-state index contributed by atoms with van der Waals surface area (Å²) in [5.41, 5.74) is 0.358. The van der Waals surface area contributed by atoms with E-state index in [0.29, 0.717) is 12.2 Å². The molecule has 5 heteroatoms. The predicted octanol–water partition coefficient (Wildman–Crippen LogP) is 3.24. The van der Waals surface area contributed by atoms with Gasteiger partial charge in [0, 0.05) is 12.7 Å². The summed E-state index contributed by atoms with van der Waals surface area (Å²) in [5.74, 6) is -0.220. The molecule has 0 unspecified atom stereocenters. The number of benzene rings is 1. The Morgan fingerprint density at radius 1 is 1.25 bits per heavy atom. The van der Waals surface area contributed by atoms with Crippen molar-refractivity contribution < 1.29 is 22.6 Å². The van der Waals surface area contributed by atoms with E-state index < -0.39 is 6.36 Å². The molecule has 0 radical (unpaired) electrons. The molecule has 0 saturated carbocycles. The fraction of sp³-hybridized carbons (Fsp3) is 0.273. The van der Waals surface area contributed by atoms with E-state index in [1.54, 1.807) is 12.1 Å². The lowest BCUT2D eigenvalue weighted by atomic mass is 10.2. The molecule has 0 aliphatic heterocycles. The fourth-order valence-corrected chi connectivity index (χ4v) is 1.11. The van der Waals surface area contributed by atoms with Crippen LogP contribution >= 0.6 is 0 Å². The highest BCUT2D eigenvalue weighted by Gasteiger charge is 2.31. The van der Waals surface area contributed by atoms with Crippen LogP contribution in [0.25, 0.3) is 6.08 Å². The largest absolute Gasteiger partial charge is 0.573 e. The van der Waals surface area contributed by atoms with Gasteiger partial charge in [-0.3, -0.25) is 0 Å². The van der Waals surface area contributed by atoms with E-state index in [-0.39, 0.29) is 5.75 Å². The van der Waals surface area contributed by atoms with Crippen LogP contribution in [0.3, 0.4) is 0 Å². The summed E-state index contributed by atoms with van der Waals surface area (Å²) < 4.78 is 44.7. The van der Waals surface area contributed by atoms with E-state index in [1.807, 2.05) is 0 Å². The van der Waals surface area contributed by atoms with Gasteiger partial charge in [0.1, 0.15) is 5.75 Å². The quantitative estimate of drug-likeness (QED) is 0.793. The second-order valence-corrected chi connectivity index (χ2v) is 2.94. The minimum Gasteiger partial charge on any atom is -0.405 e. The Bertz CT molecular complexity index is 358. The van der Waals surface area contributed by atoms with Crippen molar-refractivity contribution in [2.75, 3.05) is 13.7 Å². The van der Waals surface area contributed by atoms with Crippen molar-refractivity contribution in [3.63, 3.8) is 0 Å². The number of methoxy groups -OCH3 is 1. The van der Waals surface area contributed by atoms with Gasteiger partial charge in [-0.1, -0.05) is 30.4 Å². The zero-order chi connectivity index (χ0) is 12.0. The third-order valence-corrected chi connectivity index (χ3v) is 1.70. The topological polar surface area (TPSA) is 18.5 Å². The summed E-state index contributed by atoms with van der Waals surface area (Å²) in [4.78, 5) is 0. The van der Waals surface area contributed by atoms with E-state index in [1.165, 1.54) is 31.4 Å². The second kappa shape index (κ2) is 5.55. The average Bonchev–Trinajstić information content (AvgIpc) is 2.19. The van der Waals surface area contributed by atoms with Gasteiger partial charge >= 0.3 is 6.36 Å². The number of alkyl halides is 3. The Labute approximate surface area is 91.3 Å². The van der Waals surface area contributed by atoms with Gasteiger partial charge in [-0.15, -0.1) is 13.2 Å². The zero-order valence-corrected chi connectivity index (χ0v) is 8.62. The van der Waals surface area contributed by atoms with Gasteiger partial charge in [-0.25, -0.2) is 0 Å². The summed E-state index contributed by atoms with van der Waals surface area (Å²) in [5, 5.41) is 0. The maximum absolute atomic E-state index is 12.0. The first kappa shape index (κ1) is 12.6. The second-order valence-electron chi connectivity index (χ2n) is 2.94. The molecule has 2 nitrogen and oxygen atoms in total. The first-order chi connectivity index (χ1) is 7.53. The van der Waals surface area contributed by atoms with E-state index in [9.17, 15) is 13.2 Å². The van der Waals surface area contributed by atoms with Gasteiger partial charge in [-0.05, 0) is 6.07 Å². The Balaban J connectivity index is 2.83. The van der Waals surface area contributed by atoms with E-state index in [0.717, 1.165) is 0 Å². The summed E-state index contributed by atoms with van der Waals surface area (Å²) in [6.07, 6.45) is -1.55. The minimum atomic E-state index is -4.68. The molecule has 0 saturated heterocycles. The molecule has 0 N–H and O–H groups in total. The van der Waals surface area contributed by atoms with Crippen LogP contribution in [0.2, 0.25) is 0 Å². The van der Waals surface area contributed by atoms with Crippen molar-refractivity contribution in [2.24, 2.45) is 0 Å². The fourth-order valence-electron chi connectivity index (χ4n) is 1.11. The van der Waals surface area contributed by atoms with Crippen molar-refractivity contribution in [3.8, 4) is 5.75 Å². The highest BCUT2D eigenvalue weighted by molar-refractivity contribution is 5.57. The van der Waals surface area contributed by atoms with Gasteiger partial charge in [0.05, 0.1) is 6.61 Å². The molecule has 0 bridgehead atoms. The summed E-state index contributed by atoms with van der Waals surface area (Å²) >= 11 is 0. The summed E-state index contributed by atoms with van der Waals surface area (Å²) in [6, 6.07) is 5.91. The van der Waals surface area contributed by atoms with Crippen LogP contribution in [0.4, 0.5) is 13.2 Å². The van der Waals surface area contributed by atoms with Crippen LogP contribution in [0, 0.1) is 0 Å². The molecule has 0 fully saturated rings. The van der Waals surface area contributed by atoms with Crippen LogP contribution in [-0.4, -0.2) is 20.1 Å². The maximum atomic E-state index is 12.0. The molecular weight excluding hydrogens is 221 g/mol. The van der Waals surface area contributed by atoms with Crippen molar-refractivity contribution >= 4 is 6.08 Å². The van der Waals surface area contributed by atoms with Gasteiger partial charge in [-0.2, -0.15) is 0 Å². The van der Waals surface area contributed by atoms with Crippen LogP contribution in [0.1, 0.15) is 5.56 Å². The molecular formula is C11H11F3O2. The molecule has 16 heavy (non-hydrogen) atoms. The van der Waals surface area contributed by atoms with E-state index >= 15 is 0 Å². The molecule has 0 heterocycles. The number of ether oxygens (including phenoxy) is 2. The lowest BCUT2D eigenvalue weighted by Gasteiger charge is -2.10. The summed E-state index contributed by atoms with van der Waals surface area (Å²) in [7, 11) is 1.50. The van der Waals surface area contributed by atoms with Crippen LogP contribution in [0.5, 0.6) is 5.75 Å². The van der Waals surface area contributed by atoms with Gasteiger partial charge in [0.2, 0.25) is 0 Å². The average molecular weight is 232 g/mol. The van der Waals surface area contributed by atoms with Gasteiger partial charge < -0.3 is 9.47 Å². The Hall–Kier alpha value is -1.49. The molecule has 1 aromatic rings. The van der Waals surface area contributed by atoms with Crippen molar-refractivity contribution in [1.29, 1.82) is 0 Å². The highest BCUT2D eigenvalue weighted by atomic mass is 19.4. The smallest absolute Gasteiger partial charge is 0.405 e. The number of hydrogen-bond donors (Lipinski definition) is 0. The third kappa shape index (κ3) is 4.35. The molecule has 0 aliphatic carbocycles. The zero-order valence-electron chi connectivity index (χ0n) is 8.62. The number of halogens is 3. The lowest BCUT2D eigenvalue weighted by molar-refractivity contribution is -0.274. The van der Waals surface area contributed by atoms with Gasteiger partial charge in [0.15, 0.2) is 0 Å². The van der Waals surface area contributed by atoms with Crippen molar-refractivity contribution in [2.45, 2.75) is 6.36 Å². The molecule has 0 spiro atoms. The SMILES string of the molecule is COC/C=C/c1ccccc1OC(F)(F)F.